The molecule has 0 unspecified atom stereocenters. The van der Waals surface area contributed by atoms with Crippen LogP contribution in [0.4, 0.5) is 13.2 Å². The van der Waals surface area contributed by atoms with Crippen LogP contribution in [0.15, 0.2) is 4.42 Å². The maximum absolute atomic E-state index is 12.5. The summed E-state index contributed by atoms with van der Waals surface area (Å²) in [6.07, 6.45) is -4.47. The molecule has 0 aliphatic heterocycles. The van der Waals surface area contributed by atoms with E-state index < -0.39 is 17.4 Å². The van der Waals surface area contributed by atoms with Crippen LogP contribution >= 0.6 is 0 Å². The van der Waals surface area contributed by atoms with Gasteiger partial charge in [0.1, 0.15) is 0 Å². The minimum Gasteiger partial charge on any atom is -0.436 e. The second-order valence-electron chi connectivity index (χ2n) is 4.16. The van der Waals surface area contributed by atoms with Crippen LogP contribution in [-0.4, -0.2) is 4.98 Å². The van der Waals surface area contributed by atoms with E-state index in [9.17, 15) is 13.2 Å². The summed E-state index contributed by atoms with van der Waals surface area (Å²) in [5.41, 5.74) is -0.703. The van der Waals surface area contributed by atoms with Crippen molar-refractivity contribution in [3.63, 3.8) is 0 Å². The van der Waals surface area contributed by atoms with Crippen molar-refractivity contribution in [3.05, 3.63) is 17.3 Å². The molecule has 0 saturated carbocycles. The molecule has 0 spiro atoms. The van der Waals surface area contributed by atoms with Gasteiger partial charge in [-0.15, -0.1) is 0 Å². The first kappa shape index (κ1) is 11.1. The molecule has 14 heavy (non-hydrogen) atoms. The molecular weight excluding hydrogens is 195 g/mol. The van der Waals surface area contributed by atoms with Gasteiger partial charge in [-0.3, -0.25) is 0 Å². The standard InChI is InChI=1S/C9H12F3NO/c1-5-13-6(8(2,3)4)7(14-5)9(10,11)12/h1-4H3. The van der Waals surface area contributed by atoms with Gasteiger partial charge in [0.25, 0.3) is 0 Å². The second-order valence-corrected chi connectivity index (χ2v) is 4.16. The van der Waals surface area contributed by atoms with E-state index in [1.807, 2.05) is 0 Å². The predicted molar refractivity (Wildman–Crippen MR) is 44.9 cm³/mol. The van der Waals surface area contributed by atoms with E-state index in [0.717, 1.165) is 0 Å². The van der Waals surface area contributed by atoms with E-state index >= 15 is 0 Å². The summed E-state index contributed by atoms with van der Waals surface area (Å²) in [7, 11) is 0. The highest BCUT2D eigenvalue weighted by molar-refractivity contribution is 5.20. The van der Waals surface area contributed by atoms with Crippen molar-refractivity contribution in [1.29, 1.82) is 0 Å². The molecule has 0 aliphatic carbocycles. The fraction of sp³-hybridized carbons (Fsp3) is 0.667. The second kappa shape index (κ2) is 3.00. The highest BCUT2D eigenvalue weighted by Crippen LogP contribution is 2.37. The third-order valence-corrected chi connectivity index (χ3v) is 1.70. The third kappa shape index (κ3) is 2.08. The van der Waals surface area contributed by atoms with Crippen molar-refractivity contribution in [2.75, 3.05) is 0 Å². The lowest BCUT2D eigenvalue weighted by molar-refractivity contribution is -0.154. The Morgan fingerprint density at radius 1 is 1.14 bits per heavy atom. The van der Waals surface area contributed by atoms with Crippen molar-refractivity contribution in [1.82, 2.24) is 4.98 Å². The molecule has 2 nitrogen and oxygen atoms in total. The molecule has 1 heterocycles. The molecule has 0 fully saturated rings. The molecule has 1 aromatic heterocycles. The highest BCUT2D eigenvalue weighted by Gasteiger charge is 2.42. The van der Waals surface area contributed by atoms with E-state index in [1.54, 1.807) is 20.8 Å². The number of aromatic nitrogens is 1. The van der Waals surface area contributed by atoms with Crippen LogP contribution in [0.5, 0.6) is 0 Å². The number of oxazole rings is 1. The fourth-order valence-corrected chi connectivity index (χ4v) is 1.13. The van der Waals surface area contributed by atoms with E-state index in [-0.39, 0.29) is 11.6 Å². The van der Waals surface area contributed by atoms with Crippen LogP contribution in [0, 0.1) is 6.92 Å². The Hall–Kier alpha value is -1.00. The Balaban J connectivity index is 3.31. The van der Waals surface area contributed by atoms with Crippen LogP contribution in [0.25, 0.3) is 0 Å². The number of nitrogens with zero attached hydrogens (tertiary/aromatic N) is 1. The summed E-state index contributed by atoms with van der Waals surface area (Å²) in [5.74, 6) is -0.940. The minimum absolute atomic E-state index is 0.0394. The van der Waals surface area contributed by atoms with Crippen LogP contribution in [0.3, 0.4) is 0 Å². The molecule has 80 valence electrons. The highest BCUT2D eigenvalue weighted by atomic mass is 19.4. The first-order valence-corrected chi connectivity index (χ1v) is 4.17. The average molecular weight is 207 g/mol. The van der Waals surface area contributed by atoms with Crippen molar-refractivity contribution in [3.8, 4) is 0 Å². The lowest BCUT2D eigenvalue weighted by atomic mass is 9.91. The molecule has 0 radical (unpaired) electrons. The maximum atomic E-state index is 12.5. The number of hydrogen-bond donors (Lipinski definition) is 0. The van der Waals surface area contributed by atoms with E-state index in [1.165, 1.54) is 6.92 Å². The lowest BCUT2D eigenvalue weighted by Crippen LogP contribution is -2.18. The van der Waals surface area contributed by atoms with Gasteiger partial charge in [-0.2, -0.15) is 13.2 Å². The summed E-state index contributed by atoms with van der Waals surface area (Å²) >= 11 is 0. The quantitative estimate of drug-likeness (QED) is 0.652. The molecule has 0 bridgehead atoms. The van der Waals surface area contributed by atoms with Gasteiger partial charge in [-0.1, -0.05) is 20.8 Å². The van der Waals surface area contributed by atoms with Crippen molar-refractivity contribution < 1.29 is 17.6 Å². The largest absolute Gasteiger partial charge is 0.451 e. The smallest absolute Gasteiger partial charge is 0.436 e. The zero-order valence-corrected chi connectivity index (χ0v) is 8.49. The monoisotopic (exact) mass is 207 g/mol. The van der Waals surface area contributed by atoms with Crippen molar-refractivity contribution in [2.45, 2.75) is 39.3 Å². The van der Waals surface area contributed by atoms with Gasteiger partial charge in [-0.25, -0.2) is 4.98 Å². The number of halogens is 3. The minimum atomic E-state index is -4.47. The van der Waals surface area contributed by atoms with Crippen LogP contribution < -0.4 is 0 Å². The Bertz CT molecular complexity index is 301. The van der Waals surface area contributed by atoms with Gasteiger partial charge in [0.2, 0.25) is 5.76 Å². The Morgan fingerprint density at radius 3 is 1.93 bits per heavy atom. The molecule has 1 aromatic rings. The van der Waals surface area contributed by atoms with Gasteiger partial charge in [-0.05, 0) is 0 Å². The van der Waals surface area contributed by atoms with Crippen LogP contribution in [0.2, 0.25) is 0 Å². The number of hydrogen-bond acceptors (Lipinski definition) is 2. The van der Waals surface area contributed by atoms with E-state index in [2.05, 4.69) is 9.40 Å². The van der Waals surface area contributed by atoms with Crippen LogP contribution in [-0.2, 0) is 11.6 Å². The first-order valence-electron chi connectivity index (χ1n) is 4.17. The van der Waals surface area contributed by atoms with Crippen molar-refractivity contribution in [2.24, 2.45) is 0 Å². The number of aryl methyl sites for hydroxylation is 1. The zero-order valence-electron chi connectivity index (χ0n) is 8.49. The average Bonchev–Trinajstić information content (AvgIpc) is 2.27. The Labute approximate surface area is 80.1 Å². The topological polar surface area (TPSA) is 26.0 Å². The Kier molecular flexibility index (Phi) is 2.37. The molecule has 0 N–H and O–H groups in total. The first-order chi connectivity index (χ1) is 6.12. The summed E-state index contributed by atoms with van der Waals surface area (Å²) < 4.78 is 41.9. The molecule has 0 atom stereocenters. The molecule has 0 aliphatic rings. The number of alkyl halides is 3. The molecule has 1 rings (SSSR count). The fourth-order valence-electron chi connectivity index (χ4n) is 1.13. The molecule has 5 heteroatoms. The maximum Gasteiger partial charge on any atom is 0.451 e. The lowest BCUT2D eigenvalue weighted by Gasteiger charge is -2.17. The van der Waals surface area contributed by atoms with Gasteiger partial charge in [0.15, 0.2) is 5.89 Å². The predicted octanol–water partition coefficient (Wildman–Crippen LogP) is 3.30. The molecular formula is C9H12F3NO. The normalized spacial score (nSPS) is 13.4. The van der Waals surface area contributed by atoms with Gasteiger partial charge in [0, 0.05) is 12.3 Å². The summed E-state index contributed by atoms with van der Waals surface area (Å²) in [4.78, 5) is 3.76. The Morgan fingerprint density at radius 2 is 1.64 bits per heavy atom. The van der Waals surface area contributed by atoms with Gasteiger partial charge < -0.3 is 4.42 Å². The summed E-state index contributed by atoms with van der Waals surface area (Å²) in [6.45, 7) is 6.41. The molecule has 0 amide bonds. The number of rotatable bonds is 0. The summed E-state index contributed by atoms with van der Waals surface area (Å²) in [6, 6.07) is 0. The van der Waals surface area contributed by atoms with Crippen molar-refractivity contribution >= 4 is 0 Å². The third-order valence-electron chi connectivity index (χ3n) is 1.70. The van der Waals surface area contributed by atoms with E-state index in [4.69, 9.17) is 0 Å². The molecule has 0 aromatic carbocycles. The summed E-state index contributed by atoms with van der Waals surface area (Å²) in [5, 5.41) is 0. The SMILES string of the molecule is Cc1nc(C(C)(C)C)c(C(F)(F)F)o1. The van der Waals surface area contributed by atoms with Gasteiger partial charge >= 0.3 is 6.18 Å². The zero-order chi connectivity index (χ0) is 11.1. The van der Waals surface area contributed by atoms with Crippen LogP contribution in [0.1, 0.15) is 38.1 Å². The van der Waals surface area contributed by atoms with E-state index in [0.29, 0.717) is 0 Å². The molecule has 0 saturated heterocycles. The van der Waals surface area contributed by atoms with Gasteiger partial charge in [0.05, 0.1) is 5.69 Å².